The van der Waals surface area contributed by atoms with E-state index in [-0.39, 0.29) is 10.6 Å². The quantitative estimate of drug-likeness (QED) is 0.327. The van der Waals surface area contributed by atoms with Crippen molar-refractivity contribution in [3.05, 3.63) is 112 Å². The number of benzene rings is 3. The number of hydrogen-bond acceptors (Lipinski definition) is 4. The molecule has 5 heteroatoms. The highest BCUT2D eigenvalue weighted by atomic mass is 16.6. The second-order valence-electron chi connectivity index (χ2n) is 5.82. The van der Waals surface area contributed by atoms with Gasteiger partial charge in [-0.2, -0.15) is 5.10 Å². The Morgan fingerprint density at radius 1 is 0.889 bits per heavy atom. The Labute approximate surface area is 158 Å². The molecule has 0 atom stereocenters. The highest BCUT2D eigenvalue weighted by Gasteiger charge is 2.09. The van der Waals surface area contributed by atoms with Crippen LogP contribution in [0.2, 0.25) is 0 Å². The summed E-state index contributed by atoms with van der Waals surface area (Å²) in [6.45, 7) is 0.626. The Morgan fingerprint density at radius 3 is 2.22 bits per heavy atom. The summed E-state index contributed by atoms with van der Waals surface area (Å²) >= 11 is 0. The summed E-state index contributed by atoms with van der Waals surface area (Å²) in [7, 11) is 0. The smallest absolute Gasteiger partial charge is 0.261 e. The van der Waals surface area contributed by atoms with Crippen LogP contribution >= 0.6 is 0 Å². The lowest BCUT2D eigenvalue weighted by molar-refractivity contribution is -0.385. The number of hydrogen-bond donors (Lipinski definition) is 0. The van der Waals surface area contributed by atoms with E-state index in [9.17, 15) is 10.1 Å². The normalized spacial score (nSPS) is 11.1. The summed E-state index contributed by atoms with van der Waals surface area (Å²) in [5.41, 5.74) is 2.73. The Bertz CT molecular complexity index is 938. The van der Waals surface area contributed by atoms with Crippen LogP contribution in [0.1, 0.15) is 11.1 Å². The van der Waals surface area contributed by atoms with Crippen molar-refractivity contribution in [2.24, 2.45) is 5.10 Å². The van der Waals surface area contributed by atoms with Crippen molar-refractivity contribution in [2.45, 2.75) is 6.54 Å². The number of allylic oxidation sites excluding steroid dienone is 1. The van der Waals surface area contributed by atoms with E-state index in [4.69, 9.17) is 0 Å². The van der Waals surface area contributed by atoms with Gasteiger partial charge in [0.2, 0.25) is 0 Å². The number of nitro benzene ring substituents is 1. The zero-order valence-electron chi connectivity index (χ0n) is 14.7. The molecule has 0 aliphatic carbocycles. The maximum absolute atomic E-state index is 11.1. The van der Waals surface area contributed by atoms with E-state index in [1.165, 1.54) is 6.07 Å². The van der Waals surface area contributed by atoms with Crippen LogP contribution in [0.3, 0.4) is 0 Å². The predicted molar refractivity (Wildman–Crippen MR) is 110 cm³/mol. The molecule has 0 unspecified atom stereocenters. The first-order valence-electron chi connectivity index (χ1n) is 8.54. The number of nitrogens with zero attached hydrogens (tertiary/aromatic N) is 3. The number of rotatable bonds is 7. The Hall–Kier alpha value is -3.73. The fourth-order valence-electron chi connectivity index (χ4n) is 2.62. The summed E-state index contributed by atoms with van der Waals surface area (Å²) in [6.07, 6.45) is 5.04. The van der Waals surface area contributed by atoms with Crippen LogP contribution in [0.4, 0.5) is 11.4 Å². The first-order valence-corrected chi connectivity index (χ1v) is 8.54. The van der Waals surface area contributed by atoms with Crippen molar-refractivity contribution in [2.75, 3.05) is 5.01 Å². The number of hydrazone groups is 1. The van der Waals surface area contributed by atoms with Crippen molar-refractivity contribution in [3.63, 3.8) is 0 Å². The average Bonchev–Trinajstić information content (AvgIpc) is 2.72. The van der Waals surface area contributed by atoms with Crippen molar-refractivity contribution < 1.29 is 4.92 Å². The van der Waals surface area contributed by atoms with E-state index in [2.05, 4.69) is 17.2 Å². The molecule has 5 nitrogen and oxygen atoms in total. The van der Waals surface area contributed by atoms with Gasteiger partial charge in [0.1, 0.15) is 0 Å². The van der Waals surface area contributed by atoms with Gasteiger partial charge in [-0.1, -0.05) is 60.7 Å². The summed E-state index contributed by atoms with van der Waals surface area (Å²) < 4.78 is 0. The topological polar surface area (TPSA) is 58.7 Å². The lowest BCUT2D eigenvalue weighted by atomic mass is 10.1. The van der Waals surface area contributed by atoms with E-state index in [1.807, 2.05) is 53.5 Å². The fourth-order valence-corrected chi connectivity index (χ4v) is 2.62. The maximum atomic E-state index is 11.1. The minimum Gasteiger partial charge on any atom is -0.261 e. The molecule has 0 bridgehead atoms. The Balaban J connectivity index is 1.79. The molecule has 0 saturated heterocycles. The van der Waals surface area contributed by atoms with Gasteiger partial charge in [0.05, 0.1) is 22.7 Å². The standard InChI is InChI=1S/C22H19N3O2/c26-25(27)22-16-8-7-12-20(22)13-9-17-23-24(21-14-5-2-6-15-21)18-19-10-3-1-4-11-19/h1-17H,18H2. The number of para-hydroxylation sites is 2. The van der Waals surface area contributed by atoms with Crippen LogP contribution in [0.25, 0.3) is 6.08 Å². The minimum atomic E-state index is -0.386. The lowest BCUT2D eigenvalue weighted by Crippen LogP contribution is -2.15. The van der Waals surface area contributed by atoms with Crippen molar-refractivity contribution in [1.82, 2.24) is 0 Å². The Morgan fingerprint density at radius 2 is 1.52 bits per heavy atom. The molecule has 0 spiro atoms. The van der Waals surface area contributed by atoms with Gasteiger partial charge in [-0.25, -0.2) is 0 Å². The van der Waals surface area contributed by atoms with Gasteiger partial charge in [-0.3, -0.25) is 15.1 Å². The first-order chi connectivity index (χ1) is 13.2. The molecule has 0 N–H and O–H groups in total. The zero-order chi connectivity index (χ0) is 18.9. The summed E-state index contributed by atoms with van der Waals surface area (Å²) in [4.78, 5) is 10.7. The second kappa shape index (κ2) is 9.10. The number of nitro groups is 1. The van der Waals surface area contributed by atoms with Gasteiger partial charge in [0.25, 0.3) is 5.69 Å². The third kappa shape index (κ3) is 5.12. The van der Waals surface area contributed by atoms with E-state index in [0.717, 1.165) is 11.3 Å². The zero-order valence-corrected chi connectivity index (χ0v) is 14.7. The van der Waals surface area contributed by atoms with Gasteiger partial charge in [0.15, 0.2) is 0 Å². The van der Waals surface area contributed by atoms with E-state index in [1.54, 1.807) is 36.6 Å². The molecule has 134 valence electrons. The van der Waals surface area contributed by atoms with Gasteiger partial charge in [-0.15, -0.1) is 0 Å². The lowest BCUT2D eigenvalue weighted by Gasteiger charge is -2.19. The predicted octanol–water partition coefficient (Wildman–Crippen LogP) is 5.30. The van der Waals surface area contributed by atoms with E-state index >= 15 is 0 Å². The van der Waals surface area contributed by atoms with Gasteiger partial charge in [0, 0.05) is 12.3 Å². The second-order valence-corrected chi connectivity index (χ2v) is 5.82. The molecule has 3 aromatic rings. The molecular weight excluding hydrogens is 338 g/mol. The molecule has 0 heterocycles. The molecule has 0 aromatic heterocycles. The summed E-state index contributed by atoms with van der Waals surface area (Å²) in [6, 6.07) is 26.6. The highest BCUT2D eigenvalue weighted by molar-refractivity contribution is 5.80. The molecule has 3 rings (SSSR count). The molecular formula is C22H19N3O2. The van der Waals surface area contributed by atoms with Crippen LogP contribution in [0.15, 0.2) is 96.1 Å². The molecule has 0 saturated carbocycles. The maximum Gasteiger partial charge on any atom is 0.276 e. The monoisotopic (exact) mass is 357 g/mol. The van der Waals surface area contributed by atoms with Gasteiger partial charge in [-0.05, 0) is 35.9 Å². The molecule has 27 heavy (non-hydrogen) atoms. The summed E-state index contributed by atoms with van der Waals surface area (Å²) in [5.74, 6) is 0. The van der Waals surface area contributed by atoms with Crippen molar-refractivity contribution in [3.8, 4) is 0 Å². The van der Waals surface area contributed by atoms with Gasteiger partial charge < -0.3 is 0 Å². The molecule has 0 fully saturated rings. The largest absolute Gasteiger partial charge is 0.276 e. The number of anilines is 1. The minimum absolute atomic E-state index is 0.0753. The summed E-state index contributed by atoms with van der Waals surface area (Å²) in [5, 5.41) is 17.5. The fraction of sp³-hybridized carbons (Fsp3) is 0.0455. The van der Waals surface area contributed by atoms with Gasteiger partial charge >= 0.3 is 0 Å². The van der Waals surface area contributed by atoms with Crippen LogP contribution in [-0.4, -0.2) is 11.1 Å². The Kier molecular flexibility index (Phi) is 6.09. The van der Waals surface area contributed by atoms with Crippen LogP contribution in [0, 0.1) is 10.1 Å². The van der Waals surface area contributed by atoms with E-state index in [0.29, 0.717) is 12.1 Å². The van der Waals surface area contributed by atoms with Crippen LogP contribution in [0.5, 0.6) is 0 Å². The SMILES string of the molecule is O=[N+]([O-])c1ccccc1C=CC=NN(Cc1ccccc1)c1ccccc1. The first kappa shape index (κ1) is 18.1. The molecule has 0 aliphatic heterocycles. The molecule has 0 amide bonds. The van der Waals surface area contributed by atoms with Crippen molar-refractivity contribution in [1.29, 1.82) is 0 Å². The highest BCUT2D eigenvalue weighted by Crippen LogP contribution is 2.19. The third-order valence-corrected chi connectivity index (χ3v) is 3.93. The average molecular weight is 357 g/mol. The van der Waals surface area contributed by atoms with E-state index < -0.39 is 0 Å². The molecule has 0 radical (unpaired) electrons. The third-order valence-electron chi connectivity index (χ3n) is 3.93. The molecule has 3 aromatic carbocycles. The van der Waals surface area contributed by atoms with Crippen molar-refractivity contribution >= 4 is 23.7 Å². The molecule has 0 aliphatic rings. The van der Waals surface area contributed by atoms with Crippen LogP contribution < -0.4 is 5.01 Å². The van der Waals surface area contributed by atoms with Crippen LogP contribution in [-0.2, 0) is 6.54 Å².